The number of nitrogens with zero attached hydrogens (tertiary/aromatic N) is 1. The summed E-state index contributed by atoms with van der Waals surface area (Å²) in [5.41, 5.74) is 1.22. The molecule has 5 heteroatoms. The number of carbonyl (C=O) groups excluding carboxylic acids is 2. The largest absolute Gasteiger partial charge is 0.293 e. The number of thioether (sulfide) groups is 1. The van der Waals surface area contributed by atoms with E-state index in [0.29, 0.717) is 10.5 Å². The molecule has 4 aromatic rings. The first kappa shape index (κ1) is 18.6. The van der Waals surface area contributed by atoms with Gasteiger partial charge in [0.15, 0.2) is 0 Å². The summed E-state index contributed by atoms with van der Waals surface area (Å²) >= 11 is 0.895. The fourth-order valence-corrected chi connectivity index (χ4v) is 4.59. The summed E-state index contributed by atoms with van der Waals surface area (Å²) in [4.78, 5) is 27.0. The van der Waals surface area contributed by atoms with Crippen molar-refractivity contribution < 1.29 is 14.0 Å². The molecule has 0 unspecified atom stereocenters. The third-order valence-corrected chi connectivity index (χ3v) is 6.16. The van der Waals surface area contributed by atoms with E-state index in [0.717, 1.165) is 43.8 Å². The monoisotopic (exact) mass is 413 g/mol. The molecule has 0 saturated carbocycles. The number of benzene rings is 4. The van der Waals surface area contributed by atoms with Crippen LogP contribution in [0.1, 0.15) is 11.1 Å². The number of hydrogen-bond acceptors (Lipinski definition) is 3. The molecule has 1 heterocycles. The molecule has 3 nitrogen and oxygen atoms in total. The van der Waals surface area contributed by atoms with Crippen LogP contribution in [0.3, 0.4) is 0 Å². The summed E-state index contributed by atoms with van der Waals surface area (Å²) in [6.07, 6.45) is 1.79. The van der Waals surface area contributed by atoms with Gasteiger partial charge in [0, 0.05) is 5.56 Å². The van der Waals surface area contributed by atoms with Gasteiger partial charge in [-0.05, 0) is 57.1 Å². The lowest BCUT2D eigenvalue weighted by Crippen LogP contribution is -2.27. The van der Waals surface area contributed by atoms with Crippen LogP contribution in [0.15, 0.2) is 83.8 Å². The molecule has 1 fully saturated rings. The van der Waals surface area contributed by atoms with Gasteiger partial charge in [-0.15, -0.1) is 0 Å². The molecule has 30 heavy (non-hydrogen) atoms. The molecular weight excluding hydrogens is 397 g/mol. The van der Waals surface area contributed by atoms with E-state index in [2.05, 4.69) is 6.07 Å². The Hall–Kier alpha value is -3.44. The van der Waals surface area contributed by atoms with Crippen molar-refractivity contribution in [3.63, 3.8) is 0 Å². The van der Waals surface area contributed by atoms with Crippen molar-refractivity contribution in [2.75, 3.05) is 0 Å². The Morgan fingerprint density at radius 1 is 0.833 bits per heavy atom. The fourth-order valence-electron chi connectivity index (χ4n) is 3.77. The number of rotatable bonds is 3. The zero-order chi connectivity index (χ0) is 20.7. The summed E-state index contributed by atoms with van der Waals surface area (Å²) in [6.45, 7) is -0.0784. The average Bonchev–Trinajstić information content (AvgIpc) is 3.02. The fraction of sp³-hybridized carbons (Fsp3) is 0.0400. The number of amides is 2. The first-order valence-electron chi connectivity index (χ1n) is 9.51. The maximum Gasteiger partial charge on any atom is 0.293 e. The van der Waals surface area contributed by atoms with Gasteiger partial charge in [0.1, 0.15) is 5.82 Å². The second-order valence-electron chi connectivity index (χ2n) is 7.09. The number of halogens is 1. The maximum atomic E-state index is 14.0. The van der Waals surface area contributed by atoms with Gasteiger partial charge in [-0.25, -0.2) is 4.39 Å². The number of hydrogen-bond donors (Lipinski definition) is 0. The Morgan fingerprint density at radius 3 is 2.10 bits per heavy atom. The Kier molecular flexibility index (Phi) is 4.60. The summed E-state index contributed by atoms with van der Waals surface area (Å²) < 4.78 is 14.0. The topological polar surface area (TPSA) is 37.4 Å². The molecule has 5 rings (SSSR count). The van der Waals surface area contributed by atoms with E-state index in [4.69, 9.17) is 0 Å². The van der Waals surface area contributed by atoms with Crippen molar-refractivity contribution in [3.05, 3.63) is 101 Å². The molecule has 0 spiro atoms. The standard InChI is InChI=1S/C25H16FNO2S/c26-22-12-6-3-9-18(22)15-27-24(28)23(30-25(27)29)14-21-19-10-4-1-7-16(19)13-17-8-2-5-11-20(17)21/h1-14H,15H2/b23-14-. The van der Waals surface area contributed by atoms with Crippen LogP contribution >= 0.6 is 11.8 Å². The third kappa shape index (κ3) is 3.17. The average molecular weight is 413 g/mol. The molecular formula is C25H16FNO2S. The van der Waals surface area contributed by atoms with Gasteiger partial charge in [0.25, 0.3) is 11.1 Å². The van der Waals surface area contributed by atoms with Crippen molar-refractivity contribution in [3.8, 4) is 0 Å². The van der Waals surface area contributed by atoms with E-state index in [1.807, 2.05) is 48.5 Å². The molecule has 1 aliphatic rings. The van der Waals surface area contributed by atoms with Crippen LogP contribution in [-0.2, 0) is 11.3 Å². The SMILES string of the molecule is O=C1S/C(=C\c2c3ccccc3cc3ccccc23)C(=O)N1Cc1ccccc1F. The minimum atomic E-state index is -0.430. The maximum absolute atomic E-state index is 14.0. The molecule has 4 aromatic carbocycles. The molecule has 1 saturated heterocycles. The van der Waals surface area contributed by atoms with E-state index >= 15 is 0 Å². The summed E-state index contributed by atoms with van der Waals surface area (Å²) in [5, 5.41) is 3.76. The first-order valence-corrected chi connectivity index (χ1v) is 10.3. The third-order valence-electron chi connectivity index (χ3n) is 5.25. The highest BCUT2D eigenvalue weighted by Crippen LogP contribution is 2.37. The molecule has 0 radical (unpaired) electrons. The quantitative estimate of drug-likeness (QED) is 0.289. The van der Waals surface area contributed by atoms with E-state index < -0.39 is 11.7 Å². The van der Waals surface area contributed by atoms with Crippen molar-refractivity contribution >= 4 is 50.5 Å². The molecule has 2 amide bonds. The van der Waals surface area contributed by atoms with Crippen LogP contribution in [0.25, 0.3) is 27.6 Å². The van der Waals surface area contributed by atoms with E-state index in [-0.39, 0.29) is 11.8 Å². The van der Waals surface area contributed by atoms with Crippen molar-refractivity contribution in [2.45, 2.75) is 6.54 Å². The predicted octanol–water partition coefficient (Wildman–Crippen LogP) is 6.37. The summed E-state index contributed by atoms with van der Waals surface area (Å²) in [5.74, 6) is -0.828. The zero-order valence-electron chi connectivity index (χ0n) is 15.8. The second kappa shape index (κ2) is 7.43. The Morgan fingerprint density at radius 2 is 1.43 bits per heavy atom. The highest BCUT2D eigenvalue weighted by molar-refractivity contribution is 8.18. The van der Waals surface area contributed by atoms with E-state index in [1.54, 1.807) is 24.3 Å². The highest BCUT2D eigenvalue weighted by Gasteiger charge is 2.35. The molecule has 0 atom stereocenters. The second-order valence-corrected chi connectivity index (χ2v) is 8.08. The Balaban J connectivity index is 1.60. The normalized spacial score (nSPS) is 15.6. The molecule has 1 aliphatic heterocycles. The van der Waals surface area contributed by atoms with Crippen LogP contribution in [0, 0.1) is 5.82 Å². The smallest absolute Gasteiger partial charge is 0.268 e. The van der Waals surface area contributed by atoms with Crippen LogP contribution in [-0.4, -0.2) is 16.0 Å². The summed E-state index contributed by atoms with van der Waals surface area (Å²) in [7, 11) is 0. The zero-order valence-corrected chi connectivity index (χ0v) is 16.7. The van der Waals surface area contributed by atoms with Crippen molar-refractivity contribution in [1.29, 1.82) is 0 Å². The molecule has 146 valence electrons. The Bertz CT molecular complexity index is 1310. The van der Waals surface area contributed by atoms with Crippen molar-refractivity contribution in [2.24, 2.45) is 0 Å². The van der Waals surface area contributed by atoms with Gasteiger partial charge in [0.2, 0.25) is 0 Å². The van der Waals surface area contributed by atoms with Gasteiger partial charge in [-0.2, -0.15) is 0 Å². The van der Waals surface area contributed by atoms with E-state index in [9.17, 15) is 14.0 Å². The number of carbonyl (C=O) groups is 2. The van der Waals surface area contributed by atoms with Crippen LogP contribution in [0.5, 0.6) is 0 Å². The van der Waals surface area contributed by atoms with Crippen LogP contribution in [0.2, 0.25) is 0 Å². The van der Waals surface area contributed by atoms with Gasteiger partial charge >= 0.3 is 0 Å². The summed E-state index contributed by atoms with van der Waals surface area (Å²) in [6, 6.07) is 24.2. The first-order chi connectivity index (χ1) is 14.6. The Labute approximate surface area is 176 Å². The van der Waals surface area contributed by atoms with Crippen LogP contribution < -0.4 is 0 Å². The molecule has 0 aliphatic carbocycles. The number of imide groups is 1. The van der Waals surface area contributed by atoms with E-state index in [1.165, 1.54) is 6.07 Å². The number of fused-ring (bicyclic) bond motifs is 2. The lowest BCUT2D eigenvalue weighted by Gasteiger charge is -2.13. The minimum Gasteiger partial charge on any atom is -0.268 e. The predicted molar refractivity (Wildman–Crippen MR) is 119 cm³/mol. The van der Waals surface area contributed by atoms with Gasteiger partial charge in [0.05, 0.1) is 11.4 Å². The lowest BCUT2D eigenvalue weighted by molar-refractivity contribution is -0.123. The van der Waals surface area contributed by atoms with Gasteiger partial charge < -0.3 is 0 Å². The van der Waals surface area contributed by atoms with Gasteiger partial charge in [-0.1, -0.05) is 66.7 Å². The van der Waals surface area contributed by atoms with Gasteiger partial charge in [-0.3, -0.25) is 14.5 Å². The van der Waals surface area contributed by atoms with Crippen LogP contribution in [0.4, 0.5) is 9.18 Å². The minimum absolute atomic E-state index is 0.0784. The molecule has 0 aromatic heterocycles. The molecule has 0 N–H and O–H groups in total. The highest BCUT2D eigenvalue weighted by atomic mass is 32.2. The lowest BCUT2D eigenvalue weighted by atomic mass is 9.96. The van der Waals surface area contributed by atoms with Crippen molar-refractivity contribution in [1.82, 2.24) is 4.90 Å². The molecule has 0 bridgehead atoms.